The average Bonchev–Trinajstić information content (AvgIpc) is 3.04. The number of nitrogens with one attached hydrogen (secondary N) is 1. The molecule has 1 N–H and O–H groups in total. The Hall–Kier alpha value is -2.70. The molecule has 0 bridgehead atoms. The molecule has 2 aromatic carbocycles. The molecule has 6 heteroatoms. The minimum absolute atomic E-state index is 0.219. The molecule has 0 unspecified atom stereocenters. The van der Waals surface area contributed by atoms with Gasteiger partial charge in [-0.05, 0) is 48.9 Å². The number of likely N-dealkylation sites (N-methyl/N-ethyl adjacent to an activating group) is 1. The van der Waals surface area contributed by atoms with Gasteiger partial charge in [0.25, 0.3) is 5.91 Å². The van der Waals surface area contributed by atoms with Gasteiger partial charge in [-0.2, -0.15) is 0 Å². The molecule has 0 saturated heterocycles. The van der Waals surface area contributed by atoms with Crippen molar-refractivity contribution in [1.82, 2.24) is 4.90 Å². The van der Waals surface area contributed by atoms with E-state index in [1.165, 1.54) is 11.3 Å². The largest absolute Gasteiger partial charge is 0.462 e. The van der Waals surface area contributed by atoms with Gasteiger partial charge in [-0.1, -0.05) is 30.3 Å². The summed E-state index contributed by atoms with van der Waals surface area (Å²) in [6.07, 6.45) is 0.780. The number of fused-ring (bicyclic) bond motifs is 2. The highest BCUT2D eigenvalue weighted by molar-refractivity contribution is 7.17. The normalized spacial score (nSPS) is 13.9. The lowest BCUT2D eigenvalue weighted by atomic mass is 10.0. The van der Waals surface area contributed by atoms with Crippen LogP contribution in [0.5, 0.6) is 0 Å². The molecule has 144 valence electrons. The highest BCUT2D eigenvalue weighted by atomic mass is 32.1. The van der Waals surface area contributed by atoms with Gasteiger partial charge in [0.05, 0.1) is 12.2 Å². The molecular formula is C22H22N2O3S. The van der Waals surface area contributed by atoms with E-state index in [9.17, 15) is 9.59 Å². The summed E-state index contributed by atoms with van der Waals surface area (Å²) in [5.74, 6) is -0.582. The second-order valence-electron chi connectivity index (χ2n) is 6.93. The van der Waals surface area contributed by atoms with E-state index in [-0.39, 0.29) is 11.9 Å². The molecular weight excluding hydrogens is 372 g/mol. The Kier molecular flexibility index (Phi) is 5.15. The molecule has 4 rings (SSSR count). The molecule has 5 nitrogen and oxygen atoms in total. The summed E-state index contributed by atoms with van der Waals surface area (Å²) in [4.78, 5) is 28.8. The van der Waals surface area contributed by atoms with Crippen LogP contribution in [-0.2, 0) is 17.7 Å². The second-order valence-corrected chi connectivity index (χ2v) is 8.04. The van der Waals surface area contributed by atoms with Gasteiger partial charge in [0, 0.05) is 23.5 Å². The summed E-state index contributed by atoms with van der Waals surface area (Å²) in [6, 6.07) is 13.5. The Labute approximate surface area is 167 Å². The number of carbonyl (C=O) groups is 2. The van der Waals surface area contributed by atoms with Gasteiger partial charge in [-0.3, -0.25) is 4.79 Å². The summed E-state index contributed by atoms with van der Waals surface area (Å²) in [7, 11) is 2.06. The molecule has 28 heavy (non-hydrogen) atoms. The van der Waals surface area contributed by atoms with Crippen LogP contribution in [0.25, 0.3) is 10.8 Å². The van der Waals surface area contributed by atoms with Crippen molar-refractivity contribution >= 4 is 39.0 Å². The van der Waals surface area contributed by atoms with E-state index in [0.717, 1.165) is 40.7 Å². The first kappa shape index (κ1) is 18.7. The number of esters is 1. The zero-order chi connectivity index (χ0) is 19.7. The van der Waals surface area contributed by atoms with Crippen LogP contribution in [-0.4, -0.2) is 37.0 Å². The van der Waals surface area contributed by atoms with Crippen LogP contribution < -0.4 is 5.32 Å². The number of thiophene rings is 1. The van der Waals surface area contributed by atoms with E-state index >= 15 is 0 Å². The van der Waals surface area contributed by atoms with Crippen molar-refractivity contribution in [2.45, 2.75) is 19.9 Å². The van der Waals surface area contributed by atoms with Crippen molar-refractivity contribution in [3.05, 3.63) is 64.0 Å². The Morgan fingerprint density at radius 2 is 1.96 bits per heavy atom. The maximum Gasteiger partial charge on any atom is 0.341 e. The van der Waals surface area contributed by atoms with E-state index in [1.54, 1.807) is 6.92 Å². The molecule has 0 radical (unpaired) electrons. The number of benzene rings is 2. The third-order valence-corrected chi connectivity index (χ3v) is 6.10. The monoisotopic (exact) mass is 394 g/mol. The third-order valence-electron chi connectivity index (χ3n) is 4.97. The molecule has 0 atom stereocenters. The molecule has 1 aliphatic heterocycles. The maximum absolute atomic E-state index is 12.9. The van der Waals surface area contributed by atoms with E-state index in [0.29, 0.717) is 22.7 Å². The topological polar surface area (TPSA) is 58.6 Å². The van der Waals surface area contributed by atoms with Gasteiger partial charge in [0.2, 0.25) is 0 Å². The van der Waals surface area contributed by atoms with E-state index in [4.69, 9.17) is 4.74 Å². The van der Waals surface area contributed by atoms with Crippen LogP contribution >= 0.6 is 11.3 Å². The molecule has 0 fully saturated rings. The number of carbonyl (C=O) groups excluding carboxylic acids is 2. The van der Waals surface area contributed by atoms with Crippen LogP contribution in [0.15, 0.2) is 42.5 Å². The molecule has 0 saturated carbocycles. The van der Waals surface area contributed by atoms with E-state index in [2.05, 4.69) is 17.3 Å². The molecule has 1 amide bonds. The Balaban J connectivity index is 1.67. The van der Waals surface area contributed by atoms with Crippen molar-refractivity contribution in [2.75, 3.05) is 25.5 Å². The fourth-order valence-electron chi connectivity index (χ4n) is 3.54. The Morgan fingerprint density at radius 1 is 1.18 bits per heavy atom. The second kappa shape index (κ2) is 7.73. The highest BCUT2D eigenvalue weighted by Crippen LogP contribution is 2.37. The van der Waals surface area contributed by atoms with Crippen LogP contribution in [0.1, 0.15) is 38.1 Å². The number of amides is 1. The van der Waals surface area contributed by atoms with Gasteiger partial charge in [0.15, 0.2) is 0 Å². The lowest BCUT2D eigenvalue weighted by Gasteiger charge is -2.22. The van der Waals surface area contributed by atoms with Gasteiger partial charge < -0.3 is 15.0 Å². The maximum atomic E-state index is 12.9. The SMILES string of the molecule is CCOC(=O)c1c(NC(=O)c2ccc3ccccc3c2)sc2c1CCN(C)C2. The van der Waals surface area contributed by atoms with Crippen LogP contribution in [0, 0.1) is 0 Å². The number of hydrogen-bond donors (Lipinski definition) is 1. The minimum atomic E-state index is -0.363. The van der Waals surface area contributed by atoms with Gasteiger partial charge >= 0.3 is 5.97 Å². The lowest BCUT2D eigenvalue weighted by molar-refractivity contribution is 0.0526. The quantitative estimate of drug-likeness (QED) is 0.670. The fourth-order valence-corrected chi connectivity index (χ4v) is 4.86. The molecule has 2 heterocycles. The third kappa shape index (κ3) is 3.53. The number of rotatable bonds is 4. The number of hydrogen-bond acceptors (Lipinski definition) is 5. The van der Waals surface area contributed by atoms with Gasteiger partial charge in [-0.15, -0.1) is 11.3 Å². The average molecular weight is 394 g/mol. The van der Waals surface area contributed by atoms with E-state index in [1.807, 2.05) is 42.5 Å². The lowest BCUT2D eigenvalue weighted by Crippen LogP contribution is -2.26. The zero-order valence-electron chi connectivity index (χ0n) is 16.0. The summed E-state index contributed by atoms with van der Waals surface area (Å²) in [6.45, 7) is 3.76. The van der Waals surface area contributed by atoms with Crippen molar-refractivity contribution in [1.29, 1.82) is 0 Å². The summed E-state index contributed by atoms with van der Waals surface area (Å²) >= 11 is 1.47. The zero-order valence-corrected chi connectivity index (χ0v) is 16.8. The molecule has 1 aromatic heterocycles. The minimum Gasteiger partial charge on any atom is -0.462 e. The fraction of sp³-hybridized carbons (Fsp3) is 0.273. The van der Waals surface area contributed by atoms with Crippen molar-refractivity contribution in [3.8, 4) is 0 Å². The number of ether oxygens (including phenoxy) is 1. The molecule has 0 aliphatic carbocycles. The van der Waals surface area contributed by atoms with Crippen LogP contribution in [0.3, 0.4) is 0 Å². The Bertz CT molecular complexity index is 1060. The first-order valence-electron chi connectivity index (χ1n) is 9.37. The van der Waals surface area contributed by atoms with Gasteiger partial charge in [-0.25, -0.2) is 4.79 Å². The highest BCUT2D eigenvalue weighted by Gasteiger charge is 2.28. The predicted molar refractivity (Wildman–Crippen MR) is 112 cm³/mol. The number of nitrogens with zero attached hydrogens (tertiary/aromatic N) is 1. The summed E-state index contributed by atoms with van der Waals surface area (Å²) in [5, 5.41) is 5.64. The van der Waals surface area contributed by atoms with E-state index < -0.39 is 0 Å². The van der Waals surface area contributed by atoms with Crippen LogP contribution in [0.2, 0.25) is 0 Å². The van der Waals surface area contributed by atoms with Crippen molar-refractivity contribution < 1.29 is 14.3 Å². The molecule has 0 spiro atoms. The van der Waals surface area contributed by atoms with Crippen LogP contribution in [0.4, 0.5) is 5.00 Å². The Morgan fingerprint density at radius 3 is 2.75 bits per heavy atom. The smallest absolute Gasteiger partial charge is 0.341 e. The van der Waals surface area contributed by atoms with Crippen molar-refractivity contribution in [3.63, 3.8) is 0 Å². The summed E-state index contributed by atoms with van der Waals surface area (Å²) in [5.41, 5.74) is 2.09. The standard InChI is InChI=1S/C22H22N2O3S/c1-3-27-22(26)19-17-10-11-24(2)13-18(17)28-21(19)23-20(25)16-9-8-14-6-4-5-7-15(14)12-16/h4-9,12H,3,10-11,13H2,1-2H3,(H,23,25). The number of anilines is 1. The van der Waals surface area contributed by atoms with Gasteiger partial charge in [0.1, 0.15) is 5.00 Å². The first-order valence-corrected chi connectivity index (χ1v) is 10.2. The molecule has 1 aliphatic rings. The molecule has 3 aromatic rings. The summed E-state index contributed by atoms with van der Waals surface area (Å²) < 4.78 is 5.27. The predicted octanol–water partition coefficient (Wildman–Crippen LogP) is 4.32. The first-order chi connectivity index (χ1) is 13.6. The van der Waals surface area contributed by atoms with Crippen molar-refractivity contribution in [2.24, 2.45) is 0 Å².